The van der Waals surface area contributed by atoms with E-state index in [-0.39, 0.29) is 6.10 Å². The van der Waals surface area contributed by atoms with Crippen molar-refractivity contribution < 1.29 is 14.3 Å². The third-order valence-corrected chi connectivity index (χ3v) is 4.48. The lowest BCUT2D eigenvalue weighted by Gasteiger charge is -2.14. The van der Waals surface area contributed by atoms with Crippen LogP contribution in [0.15, 0.2) is 65.8 Å². The third kappa shape index (κ3) is 5.23. The number of nitrogens with zero attached hydrogens (tertiary/aromatic N) is 1. The van der Waals surface area contributed by atoms with Crippen molar-refractivity contribution in [2.24, 2.45) is 5.10 Å². The lowest BCUT2D eigenvalue weighted by molar-refractivity contribution is -0.136. The van der Waals surface area contributed by atoms with Gasteiger partial charge in [-0.2, -0.15) is 5.10 Å². The van der Waals surface area contributed by atoms with Gasteiger partial charge in [-0.25, -0.2) is 5.43 Å². The van der Waals surface area contributed by atoms with Crippen LogP contribution in [0.25, 0.3) is 10.8 Å². The molecular weight excluding hydrogens is 378 g/mol. The van der Waals surface area contributed by atoms with Crippen molar-refractivity contribution in [3.8, 4) is 5.75 Å². The molecule has 154 valence electrons. The van der Waals surface area contributed by atoms with Crippen molar-refractivity contribution in [3.05, 3.63) is 71.8 Å². The second-order valence-corrected chi connectivity index (χ2v) is 7.07. The Balaban J connectivity index is 1.72. The largest absolute Gasteiger partial charge is 0.490 e. The fourth-order valence-electron chi connectivity index (χ4n) is 2.98. The first-order chi connectivity index (χ1) is 14.5. The lowest BCUT2D eigenvalue weighted by atomic mass is 10.0. The molecule has 0 spiro atoms. The summed E-state index contributed by atoms with van der Waals surface area (Å²) >= 11 is 0. The van der Waals surface area contributed by atoms with Gasteiger partial charge in [0.05, 0.1) is 12.3 Å². The molecule has 2 N–H and O–H groups in total. The average Bonchev–Trinajstić information content (AvgIpc) is 2.75. The van der Waals surface area contributed by atoms with E-state index < -0.39 is 11.8 Å². The number of ether oxygens (including phenoxy) is 1. The number of nitrogens with one attached hydrogen (secondary N) is 2. The molecule has 0 radical (unpaired) electrons. The number of amides is 2. The summed E-state index contributed by atoms with van der Waals surface area (Å²) in [4.78, 5) is 24.2. The Hall–Kier alpha value is -3.67. The van der Waals surface area contributed by atoms with Gasteiger partial charge in [0.2, 0.25) is 0 Å². The van der Waals surface area contributed by atoms with E-state index in [2.05, 4.69) is 15.8 Å². The first kappa shape index (κ1) is 21.0. The van der Waals surface area contributed by atoms with Crippen LogP contribution in [0, 0.1) is 0 Å². The Morgan fingerprint density at radius 1 is 1.00 bits per heavy atom. The summed E-state index contributed by atoms with van der Waals surface area (Å²) in [6.45, 7) is 5.93. The van der Waals surface area contributed by atoms with Gasteiger partial charge >= 0.3 is 11.8 Å². The second kappa shape index (κ2) is 9.69. The third-order valence-electron chi connectivity index (χ3n) is 4.48. The standard InChI is InChI=1S/C24H25N3O3/c1-4-17-9-12-19(13-10-17)26-23(28)24(29)27-25-15-21-20-8-6-5-7-18(20)11-14-22(21)30-16(2)3/h5-16H,4H2,1-3H3,(H,26,28)(H,27,29)/b25-15-. The van der Waals surface area contributed by atoms with E-state index in [9.17, 15) is 9.59 Å². The van der Waals surface area contributed by atoms with Crippen molar-refractivity contribution in [2.45, 2.75) is 33.3 Å². The fourth-order valence-corrected chi connectivity index (χ4v) is 2.98. The van der Waals surface area contributed by atoms with E-state index in [0.29, 0.717) is 11.4 Å². The first-order valence-electron chi connectivity index (χ1n) is 9.89. The van der Waals surface area contributed by atoms with Crippen molar-refractivity contribution in [3.63, 3.8) is 0 Å². The summed E-state index contributed by atoms with van der Waals surface area (Å²) in [5, 5.41) is 8.51. The molecule has 6 heteroatoms. The number of carbonyl (C=O) groups is 2. The highest BCUT2D eigenvalue weighted by Crippen LogP contribution is 2.27. The van der Waals surface area contributed by atoms with Gasteiger partial charge in [0.15, 0.2) is 0 Å². The van der Waals surface area contributed by atoms with Crippen LogP contribution in [0.3, 0.4) is 0 Å². The molecule has 0 saturated carbocycles. The quantitative estimate of drug-likeness (QED) is 0.366. The van der Waals surface area contributed by atoms with Gasteiger partial charge in [0.25, 0.3) is 0 Å². The number of aryl methyl sites for hydroxylation is 1. The smallest absolute Gasteiger partial charge is 0.329 e. The van der Waals surface area contributed by atoms with Crippen LogP contribution >= 0.6 is 0 Å². The zero-order chi connectivity index (χ0) is 21.5. The Morgan fingerprint density at radius 3 is 2.43 bits per heavy atom. The Bertz CT molecular complexity index is 1070. The molecule has 6 nitrogen and oxygen atoms in total. The van der Waals surface area contributed by atoms with Crippen LogP contribution in [0.1, 0.15) is 31.9 Å². The molecular formula is C24H25N3O3. The van der Waals surface area contributed by atoms with Crippen LogP contribution in [0.2, 0.25) is 0 Å². The molecule has 2 amide bonds. The minimum absolute atomic E-state index is 0.0159. The minimum atomic E-state index is -0.850. The number of rotatable bonds is 6. The molecule has 3 rings (SSSR count). The van der Waals surface area contributed by atoms with Crippen molar-refractivity contribution in [2.75, 3.05) is 5.32 Å². The highest BCUT2D eigenvalue weighted by molar-refractivity contribution is 6.39. The number of hydrogen-bond acceptors (Lipinski definition) is 4. The number of hydrazone groups is 1. The SMILES string of the molecule is CCc1ccc(NC(=O)C(=O)N/N=C\c2c(OC(C)C)ccc3ccccc23)cc1. The normalized spacial score (nSPS) is 11.1. The van der Waals surface area contributed by atoms with Gasteiger partial charge in [-0.15, -0.1) is 0 Å². The van der Waals surface area contributed by atoms with Crippen LogP contribution < -0.4 is 15.5 Å². The summed E-state index contributed by atoms with van der Waals surface area (Å²) in [7, 11) is 0. The number of fused-ring (bicyclic) bond motifs is 1. The van der Waals surface area contributed by atoms with E-state index in [0.717, 1.165) is 28.3 Å². The average molecular weight is 403 g/mol. The van der Waals surface area contributed by atoms with E-state index >= 15 is 0 Å². The zero-order valence-electron chi connectivity index (χ0n) is 17.3. The van der Waals surface area contributed by atoms with E-state index in [1.165, 1.54) is 6.21 Å². The predicted molar refractivity (Wildman–Crippen MR) is 120 cm³/mol. The molecule has 0 bridgehead atoms. The lowest BCUT2D eigenvalue weighted by Crippen LogP contribution is -2.32. The summed E-state index contributed by atoms with van der Waals surface area (Å²) in [5.74, 6) is -0.979. The summed E-state index contributed by atoms with van der Waals surface area (Å²) in [5.41, 5.74) is 4.72. The van der Waals surface area contributed by atoms with Gasteiger partial charge in [-0.1, -0.05) is 49.4 Å². The maximum Gasteiger partial charge on any atom is 0.329 e. The monoisotopic (exact) mass is 403 g/mol. The summed E-state index contributed by atoms with van der Waals surface area (Å²) < 4.78 is 5.87. The van der Waals surface area contributed by atoms with E-state index in [1.54, 1.807) is 12.1 Å². The summed E-state index contributed by atoms with van der Waals surface area (Å²) in [6.07, 6.45) is 2.39. The molecule has 0 saturated heterocycles. The molecule has 0 atom stereocenters. The van der Waals surface area contributed by atoms with Crippen LogP contribution in [0.4, 0.5) is 5.69 Å². The van der Waals surface area contributed by atoms with Crippen LogP contribution in [-0.2, 0) is 16.0 Å². The van der Waals surface area contributed by atoms with Crippen molar-refractivity contribution in [1.29, 1.82) is 0 Å². The van der Waals surface area contributed by atoms with Crippen molar-refractivity contribution >= 4 is 34.5 Å². The number of benzene rings is 3. The Kier molecular flexibility index (Phi) is 6.80. The van der Waals surface area contributed by atoms with E-state index in [4.69, 9.17) is 4.74 Å². The molecule has 0 aliphatic carbocycles. The highest BCUT2D eigenvalue weighted by Gasteiger charge is 2.13. The number of anilines is 1. The van der Waals surface area contributed by atoms with Crippen molar-refractivity contribution in [1.82, 2.24) is 5.43 Å². The molecule has 3 aromatic carbocycles. The number of hydrogen-bond donors (Lipinski definition) is 2. The van der Waals surface area contributed by atoms with E-state index in [1.807, 2.05) is 69.3 Å². The Labute approximate surface area is 175 Å². The van der Waals surface area contributed by atoms with Gasteiger partial charge < -0.3 is 10.1 Å². The first-order valence-corrected chi connectivity index (χ1v) is 9.89. The molecule has 0 aliphatic heterocycles. The zero-order valence-corrected chi connectivity index (χ0v) is 17.3. The summed E-state index contributed by atoms with van der Waals surface area (Å²) in [6, 6.07) is 19.0. The van der Waals surface area contributed by atoms with Gasteiger partial charge in [0, 0.05) is 11.3 Å². The predicted octanol–water partition coefficient (Wildman–Crippen LogP) is 4.28. The second-order valence-electron chi connectivity index (χ2n) is 7.07. The maximum atomic E-state index is 12.1. The molecule has 3 aromatic rings. The van der Waals surface area contributed by atoms with Crippen LogP contribution in [-0.4, -0.2) is 24.1 Å². The van der Waals surface area contributed by atoms with Crippen LogP contribution in [0.5, 0.6) is 5.75 Å². The molecule has 30 heavy (non-hydrogen) atoms. The molecule has 0 unspecified atom stereocenters. The highest BCUT2D eigenvalue weighted by atomic mass is 16.5. The van der Waals surface area contributed by atoms with Gasteiger partial charge in [0.1, 0.15) is 5.75 Å². The molecule has 0 aromatic heterocycles. The fraction of sp³-hybridized carbons (Fsp3) is 0.208. The molecule has 0 heterocycles. The van der Waals surface area contributed by atoms with Gasteiger partial charge in [-0.05, 0) is 54.8 Å². The topological polar surface area (TPSA) is 79.8 Å². The molecule has 0 aliphatic rings. The maximum absolute atomic E-state index is 12.1. The minimum Gasteiger partial charge on any atom is -0.490 e. The van der Waals surface area contributed by atoms with Gasteiger partial charge in [-0.3, -0.25) is 9.59 Å². The Morgan fingerprint density at radius 2 is 1.73 bits per heavy atom. The molecule has 0 fully saturated rings. The number of carbonyl (C=O) groups excluding carboxylic acids is 2.